The first-order valence-electron chi connectivity index (χ1n) is 6.11. The van der Waals surface area contributed by atoms with Gasteiger partial charge in [0.25, 0.3) is 0 Å². The highest BCUT2D eigenvalue weighted by Gasteiger charge is 2.18. The van der Waals surface area contributed by atoms with E-state index in [0.29, 0.717) is 0 Å². The van der Waals surface area contributed by atoms with Crippen LogP contribution >= 0.6 is 0 Å². The maximum atomic E-state index is 10.9. The van der Waals surface area contributed by atoms with Crippen LogP contribution in [0.5, 0.6) is 5.75 Å². The third-order valence-corrected chi connectivity index (χ3v) is 2.62. The van der Waals surface area contributed by atoms with E-state index in [1.807, 2.05) is 44.2 Å². The molecule has 1 atom stereocenters. The molecule has 0 aromatic heterocycles. The third kappa shape index (κ3) is 4.95. The van der Waals surface area contributed by atoms with Gasteiger partial charge in [-0.2, -0.15) is 0 Å². The molecule has 19 heavy (non-hydrogen) atoms. The molecule has 0 radical (unpaired) electrons. The molecule has 1 rings (SSSR count). The maximum absolute atomic E-state index is 10.9. The molecule has 0 saturated heterocycles. The van der Waals surface area contributed by atoms with Crippen molar-refractivity contribution >= 4 is 18.3 Å². The number of rotatable bonds is 6. The molecule has 4 nitrogen and oxygen atoms in total. The fraction of sp³-hybridized carbons (Fsp3) is 0.333. The number of methoxy groups -OCH3 is 1. The molecule has 4 heteroatoms. The summed E-state index contributed by atoms with van der Waals surface area (Å²) in [5.41, 5.74) is 1.00. The topological polar surface area (TPSA) is 58.9 Å². The summed E-state index contributed by atoms with van der Waals surface area (Å²) in [5, 5.41) is 8.97. The molecule has 0 bridgehead atoms. The second-order valence-electron chi connectivity index (χ2n) is 4.46. The first-order chi connectivity index (χ1) is 9.04. The number of hydrogen-bond donors (Lipinski definition) is 1. The zero-order chi connectivity index (χ0) is 14.3. The maximum Gasteiger partial charge on any atom is 0.328 e. The van der Waals surface area contributed by atoms with Gasteiger partial charge >= 0.3 is 5.97 Å². The summed E-state index contributed by atoms with van der Waals surface area (Å²) < 4.78 is 5.06. The molecule has 1 N–H and O–H groups in total. The van der Waals surface area contributed by atoms with Gasteiger partial charge in [-0.3, -0.25) is 4.99 Å². The standard InChI is InChI=1S/C15H19NO3/c1-11(2)14(15(17)18)16-10-4-5-12-6-8-13(19-3)9-7-12/h4-11,14H,1-3H3,(H,17,18)/b5-4+,16-10?/t14-/m0/s1. The fourth-order valence-electron chi connectivity index (χ4n) is 1.53. The first kappa shape index (κ1) is 15.0. The number of aliphatic imine (C=N–C) groups is 1. The third-order valence-electron chi connectivity index (χ3n) is 2.62. The number of allylic oxidation sites excluding steroid dienone is 1. The van der Waals surface area contributed by atoms with Gasteiger partial charge in [0.05, 0.1) is 7.11 Å². The van der Waals surface area contributed by atoms with Crippen molar-refractivity contribution in [1.29, 1.82) is 0 Å². The van der Waals surface area contributed by atoms with Crippen molar-refractivity contribution in [3.05, 3.63) is 35.9 Å². The van der Waals surface area contributed by atoms with Crippen molar-refractivity contribution in [2.75, 3.05) is 7.11 Å². The van der Waals surface area contributed by atoms with E-state index >= 15 is 0 Å². The minimum absolute atomic E-state index is 0.0249. The van der Waals surface area contributed by atoms with E-state index < -0.39 is 12.0 Å². The van der Waals surface area contributed by atoms with Crippen LogP contribution in [-0.4, -0.2) is 30.4 Å². The zero-order valence-electron chi connectivity index (χ0n) is 11.4. The monoisotopic (exact) mass is 261 g/mol. The van der Waals surface area contributed by atoms with Crippen LogP contribution in [0, 0.1) is 5.92 Å². The van der Waals surface area contributed by atoms with Crippen LogP contribution in [0.4, 0.5) is 0 Å². The SMILES string of the molecule is COc1ccc(/C=C/C=N[C@H](C(=O)O)C(C)C)cc1. The minimum atomic E-state index is -0.899. The molecule has 0 saturated carbocycles. The van der Waals surface area contributed by atoms with Crippen LogP contribution in [0.1, 0.15) is 19.4 Å². The van der Waals surface area contributed by atoms with Gasteiger partial charge in [-0.25, -0.2) is 4.79 Å². The van der Waals surface area contributed by atoms with E-state index in [2.05, 4.69) is 4.99 Å². The average Bonchev–Trinajstić information content (AvgIpc) is 2.38. The van der Waals surface area contributed by atoms with Crippen LogP contribution < -0.4 is 4.74 Å². The molecule has 0 amide bonds. The van der Waals surface area contributed by atoms with Gasteiger partial charge in [0.1, 0.15) is 11.8 Å². The Hall–Kier alpha value is -2.10. The predicted octanol–water partition coefficient (Wildman–Crippen LogP) is 2.89. The van der Waals surface area contributed by atoms with Crippen molar-refractivity contribution in [1.82, 2.24) is 0 Å². The van der Waals surface area contributed by atoms with E-state index in [4.69, 9.17) is 9.84 Å². The number of hydrogen-bond acceptors (Lipinski definition) is 3. The number of nitrogens with zero attached hydrogens (tertiary/aromatic N) is 1. The Morgan fingerprint density at radius 1 is 1.32 bits per heavy atom. The lowest BCUT2D eigenvalue weighted by molar-refractivity contribution is -0.139. The highest BCUT2D eigenvalue weighted by atomic mass is 16.5. The Morgan fingerprint density at radius 3 is 2.42 bits per heavy atom. The van der Waals surface area contributed by atoms with Gasteiger partial charge in [-0.15, -0.1) is 0 Å². The lowest BCUT2D eigenvalue weighted by atomic mass is 10.1. The smallest absolute Gasteiger partial charge is 0.328 e. The second-order valence-corrected chi connectivity index (χ2v) is 4.46. The number of carboxylic acid groups (broad SMARTS) is 1. The van der Waals surface area contributed by atoms with Crippen LogP contribution in [0.25, 0.3) is 6.08 Å². The molecule has 0 aliphatic heterocycles. The van der Waals surface area contributed by atoms with E-state index in [1.165, 1.54) is 6.21 Å². The number of benzene rings is 1. The Kier molecular flexibility index (Phi) is 5.79. The highest BCUT2D eigenvalue weighted by Crippen LogP contribution is 2.12. The molecule has 0 heterocycles. The van der Waals surface area contributed by atoms with E-state index in [9.17, 15) is 4.79 Å². The van der Waals surface area contributed by atoms with E-state index in [1.54, 1.807) is 13.2 Å². The Bertz CT molecular complexity index is 461. The molecule has 102 valence electrons. The van der Waals surface area contributed by atoms with Crippen LogP contribution in [0.15, 0.2) is 35.3 Å². The van der Waals surface area contributed by atoms with Gasteiger partial charge in [-0.05, 0) is 29.7 Å². The lowest BCUT2D eigenvalue weighted by Gasteiger charge is -2.09. The van der Waals surface area contributed by atoms with Crippen molar-refractivity contribution in [2.45, 2.75) is 19.9 Å². The summed E-state index contributed by atoms with van der Waals surface area (Å²) in [7, 11) is 1.62. The quantitative estimate of drug-likeness (QED) is 0.801. The van der Waals surface area contributed by atoms with Crippen LogP contribution in [0.3, 0.4) is 0 Å². The first-order valence-corrected chi connectivity index (χ1v) is 6.11. The Morgan fingerprint density at radius 2 is 1.95 bits per heavy atom. The van der Waals surface area contributed by atoms with Crippen LogP contribution in [-0.2, 0) is 4.79 Å². The summed E-state index contributed by atoms with van der Waals surface area (Å²) in [6.07, 6.45) is 5.13. The summed E-state index contributed by atoms with van der Waals surface area (Å²) in [6, 6.07) is 6.87. The molecular formula is C15H19NO3. The highest BCUT2D eigenvalue weighted by molar-refractivity contribution is 5.82. The second kappa shape index (κ2) is 7.36. The fourth-order valence-corrected chi connectivity index (χ4v) is 1.53. The molecule has 0 aliphatic carbocycles. The van der Waals surface area contributed by atoms with Crippen molar-refractivity contribution < 1.29 is 14.6 Å². The number of carbonyl (C=O) groups is 1. The van der Waals surface area contributed by atoms with Gasteiger partial charge in [0, 0.05) is 6.21 Å². The Labute approximate surface area is 113 Å². The number of carboxylic acids is 1. The zero-order valence-corrected chi connectivity index (χ0v) is 11.4. The summed E-state index contributed by atoms with van der Waals surface area (Å²) >= 11 is 0. The van der Waals surface area contributed by atoms with Gasteiger partial charge in [0.2, 0.25) is 0 Å². The number of ether oxygens (including phenoxy) is 1. The van der Waals surface area contributed by atoms with E-state index in [-0.39, 0.29) is 5.92 Å². The van der Waals surface area contributed by atoms with Gasteiger partial charge < -0.3 is 9.84 Å². The lowest BCUT2D eigenvalue weighted by Crippen LogP contribution is -2.23. The molecule has 0 fully saturated rings. The van der Waals surface area contributed by atoms with Crippen molar-refractivity contribution in [2.24, 2.45) is 10.9 Å². The normalized spacial score (nSPS) is 13.3. The molecule has 1 aromatic rings. The molecule has 0 spiro atoms. The minimum Gasteiger partial charge on any atom is -0.497 e. The predicted molar refractivity (Wildman–Crippen MR) is 76.8 cm³/mol. The van der Waals surface area contributed by atoms with Crippen LogP contribution in [0.2, 0.25) is 0 Å². The van der Waals surface area contributed by atoms with Gasteiger partial charge in [0.15, 0.2) is 0 Å². The molecular weight excluding hydrogens is 242 g/mol. The molecule has 1 aromatic carbocycles. The molecule has 0 unspecified atom stereocenters. The summed E-state index contributed by atoms with van der Waals surface area (Å²) in [5.74, 6) is -0.121. The summed E-state index contributed by atoms with van der Waals surface area (Å²) in [6.45, 7) is 3.67. The summed E-state index contributed by atoms with van der Waals surface area (Å²) in [4.78, 5) is 15.0. The average molecular weight is 261 g/mol. The number of aliphatic carboxylic acids is 1. The molecule has 0 aliphatic rings. The van der Waals surface area contributed by atoms with E-state index in [0.717, 1.165) is 11.3 Å². The van der Waals surface area contributed by atoms with Crippen molar-refractivity contribution in [3.63, 3.8) is 0 Å². The van der Waals surface area contributed by atoms with Crippen molar-refractivity contribution in [3.8, 4) is 5.75 Å². The largest absolute Gasteiger partial charge is 0.497 e. The van der Waals surface area contributed by atoms with Gasteiger partial charge in [-0.1, -0.05) is 32.1 Å². The Balaban J connectivity index is 2.63.